The van der Waals surface area contributed by atoms with E-state index in [2.05, 4.69) is 26.6 Å². The quantitative estimate of drug-likeness (QED) is 0.842. The number of hydrogen-bond donors (Lipinski definition) is 2. The number of anilines is 1. The highest BCUT2D eigenvalue weighted by Crippen LogP contribution is 2.24. The largest absolute Gasteiger partial charge is 0.354 e. The van der Waals surface area contributed by atoms with Crippen LogP contribution < -0.4 is 15.5 Å². The third-order valence-corrected chi connectivity index (χ3v) is 3.92. The lowest BCUT2D eigenvalue weighted by atomic mass is 10.2. The molecule has 2 fully saturated rings. The fourth-order valence-electron chi connectivity index (χ4n) is 2.75. The smallest absolute Gasteiger partial charge is 0.217 e. The first-order valence-electron chi connectivity index (χ1n) is 7.41. The second kappa shape index (κ2) is 5.79. The molecule has 0 radical (unpaired) electrons. The van der Waals surface area contributed by atoms with Crippen LogP contribution in [0.2, 0.25) is 0 Å². The van der Waals surface area contributed by atoms with E-state index in [4.69, 9.17) is 0 Å². The van der Waals surface area contributed by atoms with Gasteiger partial charge < -0.3 is 15.5 Å². The summed E-state index contributed by atoms with van der Waals surface area (Å²) < 4.78 is 0. The molecule has 1 aromatic heterocycles. The SMILES string of the molecule is CC(=O)NC1CCN(c2ncccc2CNC2CC2)C1. The van der Waals surface area contributed by atoms with E-state index in [0.29, 0.717) is 6.04 Å². The van der Waals surface area contributed by atoms with Crippen LogP contribution in [0.25, 0.3) is 0 Å². The fraction of sp³-hybridized carbons (Fsp3) is 0.600. The number of amides is 1. The minimum Gasteiger partial charge on any atom is -0.354 e. The Morgan fingerprint density at radius 1 is 1.40 bits per heavy atom. The molecule has 5 heteroatoms. The van der Waals surface area contributed by atoms with Crippen molar-refractivity contribution in [3.63, 3.8) is 0 Å². The molecule has 1 atom stereocenters. The predicted octanol–water partition coefficient (Wildman–Crippen LogP) is 1.05. The monoisotopic (exact) mass is 274 g/mol. The Bertz CT molecular complexity index is 487. The van der Waals surface area contributed by atoms with Crippen LogP contribution in [0.4, 0.5) is 5.82 Å². The summed E-state index contributed by atoms with van der Waals surface area (Å²) in [7, 11) is 0. The molecule has 5 nitrogen and oxygen atoms in total. The van der Waals surface area contributed by atoms with E-state index in [-0.39, 0.29) is 11.9 Å². The maximum Gasteiger partial charge on any atom is 0.217 e. The molecule has 2 N–H and O–H groups in total. The van der Waals surface area contributed by atoms with Gasteiger partial charge in [-0.1, -0.05) is 6.07 Å². The van der Waals surface area contributed by atoms with Crippen LogP contribution in [0.1, 0.15) is 31.7 Å². The Morgan fingerprint density at radius 2 is 2.25 bits per heavy atom. The predicted molar refractivity (Wildman–Crippen MR) is 78.5 cm³/mol. The summed E-state index contributed by atoms with van der Waals surface area (Å²) in [4.78, 5) is 18.0. The molecule has 3 rings (SSSR count). The number of carbonyl (C=O) groups excluding carboxylic acids is 1. The molecule has 1 aliphatic heterocycles. The van der Waals surface area contributed by atoms with E-state index in [1.54, 1.807) is 6.92 Å². The lowest BCUT2D eigenvalue weighted by molar-refractivity contribution is -0.119. The standard InChI is InChI=1S/C15H22N4O/c1-11(20)18-14-6-8-19(10-14)15-12(3-2-7-16-15)9-17-13-4-5-13/h2-3,7,13-14,17H,4-6,8-10H2,1H3,(H,18,20). The van der Waals surface area contributed by atoms with Crippen LogP contribution in [-0.2, 0) is 11.3 Å². The van der Waals surface area contributed by atoms with Crippen LogP contribution in [0.5, 0.6) is 0 Å². The van der Waals surface area contributed by atoms with Crippen LogP contribution in [0.3, 0.4) is 0 Å². The van der Waals surface area contributed by atoms with E-state index in [1.165, 1.54) is 18.4 Å². The summed E-state index contributed by atoms with van der Waals surface area (Å²) in [5.41, 5.74) is 1.25. The molecule has 0 bridgehead atoms. The van der Waals surface area contributed by atoms with E-state index < -0.39 is 0 Å². The Balaban J connectivity index is 1.65. The Kier molecular flexibility index (Phi) is 3.87. The van der Waals surface area contributed by atoms with E-state index in [9.17, 15) is 4.79 Å². The molecule has 2 heterocycles. The molecular formula is C15H22N4O. The van der Waals surface area contributed by atoms with Crippen LogP contribution in [0, 0.1) is 0 Å². The molecule has 0 aromatic carbocycles. The van der Waals surface area contributed by atoms with Gasteiger partial charge in [0.1, 0.15) is 5.82 Å². The fourth-order valence-corrected chi connectivity index (χ4v) is 2.75. The minimum absolute atomic E-state index is 0.0495. The van der Waals surface area contributed by atoms with Crippen molar-refractivity contribution in [2.24, 2.45) is 0 Å². The highest BCUT2D eigenvalue weighted by molar-refractivity contribution is 5.73. The third kappa shape index (κ3) is 3.28. The number of carbonyl (C=O) groups is 1. The van der Waals surface area contributed by atoms with Crippen molar-refractivity contribution in [1.29, 1.82) is 0 Å². The van der Waals surface area contributed by atoms with Crippen LogP contribution in [0.15, 0.2) is 18.3 Å². The molecule has 1 aliphatic carbocycles. The molecule has 2 aliphatic rings. The van der Waals surface area contributed by atoms with Crippen molar-refractivity contribution in [3.8, 4) is 0 Å². The first-order chi connectivity index (χ1) is 9.72. The summed E-state index contributed by atoms with van der Waals surface area (Å²) in [6.07, 6.45) is 5.43. The van der Waals surface area contributed by atoms with Crippen molar-refractivity contribution in [2.75, 3.05) is 18.0 Å². The normalized spacial score (nSPS) is 22.1. The molecule has 1 unspecified atom stereocenters. The molecule has 0 spiro atoms. The second-order valence-corrected chi connectivity index (χ2v) is 5.77. The topological polar surface area (TPSA) is 57.3 Å². The van der Waals surface area contributed by atoms with E-state index in [0.717, 1.165) is 31.9 Å². The van der Waals surface area contributed by atoms with Gasteiger partial charge in [0.05, 0.1) is 0 Å². The van der Waals surface area contributed by atoms with E-state index in [1.807, 2.05) is 12.3 Å². The molecule has 108 valence electrons. The Morgan fingerprint density at radius 3 is 3.00 bits per heavy atom. The zero-order valence-corrected chi connectivity index (χ0v) is 11.9. The van der Waals surface area contributed by atoms with Gasteiger partial charge in [0.25, 0.3) is 0 Å². The lowest BCUT2D eigenvalue weighted by Crippen LogP contribution is -2.36. The van der Waals surface area contributed by atoms with Gasteiger partial charge in [-0.2, -0.15) is 0 Å². The molecule has 1 amide bonds. The average Bonchev–Trinajstić information content (AvgIpc) is 3.15. The lowest BCUT2D eigenvalue weighted by Gasteiger charge is -2.21. The van der Waals surface area contributed by atoms with Gasteiger partial charge in [-0.3, -0.25) is 4.79 Å². The van der Waals surface area contributed by atoms with Crippen molar-refractivity contribution >= 4 is 11.7 Å². The maximum absolute atomic E-state index is 11.1. The zero-order valence-electron chi connectivity index (χ0n) is 11.9. The number of nitrogens with zero attached hydrogens (tertiary/aromatic N) is 2. The van der Waals surface area contributed by atoms with Crippen LogP contribution in [-0.4, -0.2) is 36.1 Å². The van der Waals surface area contributed by atoms with Gasteiger partial charge in [-0.25, -0.2) is 4.98 Å². The summed E-state index contributed by atoms with van der Waals surface area (Å²) in [5, 5.41) is 6.54. The van der Waals surface area contributed by atoms with Crippen molar-refractivity contribution in [1.82, 2.24) is 15.6 Å². The van der Waals surface area contributed by atoms with Gasteiger partial charge in [-0.15, -0.1) is 0 Å². The number of rotatable bonds is 5. The number of hydrogen-bond acceptors (Lipinski definition) is 4. The Labute approximate surface area is 119 Å². The first-order valence-corrected chi connectivity index (χ1v) is 7.41. The highest BCUT2D eigenvalue weighted by atomic mass is 16.1. The highest BCUT2D eigenvalue weighted by Gasteiger charge is 2.26. The minimum atomic E-state index is 0.0495. The first kappa shape index (κ1) is 13.4. The van der Waals surface area contributed by atoms with Crippen molar-refractivity contribution in [3.05, 3.63) is 23.9 Å². The number of aromatic nitrogens is 1. The average molecular weight is 274 g/mol. The molecule has 1 saturated carbocycles. The number of pyridine rings is 1. The molecule has 1 saturated heterocycles. The second-order valence-electron chi connectivity index (χ2n) is 5.77. The van der Waals surface area contributed by atoms with Gasteiger partial charge in [0.15, 0.2) is 0 Å². The molecule has 20 heavy (non-hydrogen) atoms. The molecular weight excluding hydrogens is 252 g/mol. The Hall–Kier alpha value is -1.62. The third-order valence-electron chi connectivity index (χ3n) is 3.92. The van der Waals surface area contributed by atoms with Gasteiger partial charge in [0, 0.05) is 50.4 Å². The summed E-state index contributed by atoms with van der Waals surface area (Å²) in [5.74, 6) is 1.11. The summed E-state index contributed by atoms with van der Waals surface area (Å²) >= 11 is 0. The van der Waals surface area contributed by atoms with Crippen LogP contribution >= 0.6 is 0 Å². The van der Waals surface area contributed by atoms with Gasteiger partial charge >= 0.3 is 0 Å². The van der Waals surface area contributed by atoms with Crippen molar-refractivity contribution < 1.29 is 4.79 Å². The molecule has 1 aromatic rings. The van der Waals surface area contributed by atoms with Gasteiger partial charge in [0.2, 0.25) is 5.91 Å². The zero-order chi connectivity index (χ0) is 13.9. The van der Waals surface area contributed by atoms with Crippen molar-refractivity contribution in [2.45, 2.75) is 44.8 Å². The summed E-state index contributed by atoms with van der Waals surface area (Å²) in [6, 6.07) is 5.09. The maximum atomic E-state index is 11.1. The summed E-state index contributed by atoms with van der Waals surface area (Å²) in [6.45, 7) is 4.27. The number of nitrogens with one attached hydrogen (secondary N) is 2. The van der Waals surface area contributed by atoms with Gasteiger partial charge in [-0.05, 0) is 25.3 Å². The van der Waals surface area contributed by atoms with E-state index >= 15 is 0 Å².